The highest BCUT2D eigenvalue weighted by Crippen LogP contribution is 2.19. The molecule has 138 valence electrons. The van der Waals surface area contributed by atoms with Crippen molar-refractivity contribution in [3.63, 3.8) is 0 Å². The standard InChI is InChI=1S/C22H23N3O2/c1-25(16-17-8-4-3-5-9-17)22(26)19-12-20(15-23-13-19)24-14-18-10-6-7-11-21(18)27-2/h3-13,15,24H,14,16H2,1-2H3. The first-order valence-corrected chi connectivity index (χ1v) is 8.77. The van der Waals surface area contributed by atoms with Crippen LogP contribution in [0.2, 0.25) is 0 Å². The topological polar surface area (TPSA) is 54.5 Å². The van der Waals surface area contributed by atoms with Gasteiger partial charge in [0, 0.05) is 38.1 Å². The van der Waals surface area contributed by atoms with Gasteiger partial charge in [-0.15, -0.1) is 0 Å². The van der Waals surface area contributed by atoms with Gasteiger partial charge in [0.15, 0.2) is 0 Å². The van der Waals surface area contributed by atoms with Gasteiger partial charge in [0.1, 0.15) is 5.75 Å². The molecule has 0 saturated carbocycles. The van der Waals surface area contributed by atoms with Crippen molar-refractivity contribution in [2.24, 2.45) is 0 Å². The molecule has 3 rings (SSSR count). The van der Waals surface area contributed by atoms with Crippen LogP contribution in [0.25, 0.3) is 0 Å². The molecule has 0 aliphatic rings. The van der Waals surface area contributed by atoms with Gasteiger partial charge in [-0.2, -0.15) is 0 Å². The van der Waals surface area contributed by atoms with Crippen molar-refractivity contribution in [2.45, 2.75) is 13.1 Å². The Labute approximate surface area is 159 Å². The van der Waals surface area contributed by atoms with Crippen LogP contribution in [0.3, 0.4) is 0 Å². The van der Waals surface area contributed by atoms with Gasteiger partial charge in [0.05, 0.1) is 18.4 Å². The molecular formula is C22H23N3O2. The number of nitrogens with zero attached hydrogens (tertiary/aromatic N) is 2. The van der Waals surface area contributed by atoms with Gasteiger partial charge in [-0.05, 0) is 17.7 Å². The van der Waals surface area contributed by atoms with E-state index < -0.39 is 0 Å². The van der Waals surface area contributed by atoms with E-state index in [0.29, 0.717) is 18.7 Å². The summed E-state index contributed by atoms with van der Waals surface area (Å²) in [5, 5.41) is 3.31. The van der Waals surface area contributed by atoms with Crippen molar-refractivity contribution in [1.29, 1.82) is 0 Å². The normalized spacial score (nSPS) is 10.3. The van der Waals surface area contributed by atoms with Gasteiger partial charge in [0.2, 0.25) is 0 Å². The third-order valence-corrected chi connectivity index (χ3v) is 4.27. The molecule has 3 aromatic rings. The Bertz CT molecular complexity index is 897. The van der Waals surface area contributed by atoms with Crippen LogP contribution in [0.5, 0.6) is 5.75 Å². The number of carbonyl (C=O) groups excluding carboxylic acids is 1. The van der Waals surface area contributed by atoms with Crippen LogP contribution >= 0.6 is 0 Å². The molecule has 0 unspecified atom stereocenters. The van der Waals surface area contributed by atoms with Crippen molar-refractivity contribution in [3.05, 3.63) is 89.7 Å². The summed E-state index contributed by atoms with van der Waals surface area (Å²) in [5.41, 5.74) is 3.48. The number of anilines is 1. The summed E-state index contributed by atoms with van der Waals surface area (Å²) in [7, 11) is 3.45. The lowest BCUT2D eigenvalue weighted by Gasteiger charge is -2.18. The number of ether oxygens (including phenoxy) is 1. The number of aromatic nitrogens is 1. The monoisotopic (exact) mass is 361 g/mol. The van der Waals surface area contributed by atoms with Gasteiger partial charge in [-0.25, -0.2) is 0 Å². The molecule has 1 aromatic heterocycles. The maximum atomic E-state index is 12.7. The molecule has 27 heavy (non-hydrogen) atoms. The number of hydrogen-bond donors (Lipinski definition) is 1. The third-order valence-electron chi connectivity index (χ3n) is 4.27. The maximum absolute atomic E-state index is 12.7. The van der Waals surface area contributed by atoms with Gasteiger partial charge in [-0.3, -0.25) is 9.78 Å². The minimum Gasteiger partial charge on any atom is -0.496 e. The van der Waals surface area contributed by atoms with Crippen LogP contribution < -0.4 is 10.1 Å². The fourth-order valence-corrected chi connectivity index (χ4v) is 2.85. The predicted molar refractivity (Wildman–Crippen MR) is 107 cm³/mol. The summed E-state index contributed by atoms with van der Waals surface area (Å²) in [6, 6.07) is 19.6. The van der Waals surface area contributed by atoms with E-state index >= 15 is 0 Å². The van der Waals surface area contributed by atoms with Crippen LogP contribution in [0, 0.1) is 0 Å². The molecule has 0 atom stereocenters. The van der Waals surface area contributed by atoms with E-state index in [1.165, 1.54) is 0 Å². The van der Waals surface area contributed by atoms with E-state index in [0.717, 1.165) is 22.6 Å². The summed E-state index contributed by atoms with van der Waals surface area (Å²) in [4.78, 5) is 18.6. The summed E-state index contributed by atoms with van der Waals surface area (Å²) in [6.07, 6.45) is 3.31. The van der Waals surface area contributed by atoms with E-state index in [2.05, 4.69) is 10.3 Å². The molecular weight excluding hydrogens is 338 g/mol. The number of nitrogens with one attached hydrogen (secondary N) is 1. The van der Waals surface area contributed by atoms with E-state index in [4.69, 9.17) is 4.74 Å². The van der Waals surface area contributed by atoms with Crippen LogP contribution in [0.4, 0.5) is 5.69 Å². The second-order valence-corrected chi connectivity index (χ2v) is 6.27. The lowest BCUT2D eigenvalue weighted by molar-refractivity contribution is 0.0784. The van der Waals surface area contributed by atoms with Gasteiger partial charge >= 0.3 is 0 Å². The largest absolute Gasteiger partial charge is 0.496 e. The fourth-order valence-electron chi connectivity index (χ4n) is 2.85. The zero-order valence-corrected chi connectivity index (χ0v) is 15.6. The predicted octanol–water partition coefficient (Wildman–Crippen LogP) is 3.97. The third kappa shape index (κ3) is 4.85. The Kier molecular flexibility index (Phi) is 6.05. The lowest BCUT2D eigenvalue weighted by atomic mass is 10.1. The molecule has 0 bridgehead atoms. The number of hydrogen-bond acceptors (Lipinski definition) is 4. The average Bonchev–Trinajstić information content (AvgIpc) is 2.72. The van der Waals surface area contributed by atoms with Gasteiger partial charge < -0.3 is 15.0 Å². The first-order valence-electron chi connectivity index (χ1n) is 8.77. The van der Waals surface area contributed by atoms with Gasteiger partial charge in [0.25, 0.3) is 5.91 Å². The number of benzene rings is 2. The summed E-state index contributed by atoms with van der Waals surface area (Å²) < 4.78 is 5.37. The van der Waals surface area contributed by atoms with Crippen molar-refractivity contribution < 1.29 is 9.53 Å². The molecule has 5 nitrogen and oxygen atoms in total. The summed E-state index contributed by atoms with van der Waals surface area (Å²) >= 11 is 0. The quantitative estimate of drug-likeness (QED) is 0.692. The summed E-state index contributed by atoms with van der Waals surface area (Å²) in [6.45, 7) is 1.14. The Morgan fingerprint density at radius 2 is 1.81 bits per heavy atom. The number of rotatable bonds is 7. The van der Waals surface area contributed by atoms with Crippen molar-refractivity contribution in [2.75, 3.05) is 19.5 Å². The van der Waals surface area contributed by atoms with E-state index in [1.807, 2.05) is 60.7 Å². The van der Waals surface area contributed by atoms with E-state index in [-0.39, 0.29) is 5.91 Å². The first kappa shape index (κ1) is 18.5. The SMILES string of the molecule is COc1ccccc1CNc1cncc(C(=O)N(C)Cc2ccccc2)c1. The van der Waals surface area contributed by atoms with E-state index in [9.17, 15) is 4.79 Å². The minimum atomic E-state index is -0.0627. The Morgan fingerprint density at radius 3 is 2.59 bits per heavy atom. The summed E-state index contributed by atoms with van der Waals surface area (Å²) in [5.74, 6) is 0.764. The van der Waals surface area contributed by atoms with E-state index in [1.54, 1.807) is 31.5 Å². The zero-order valence-electron chi connectivity index (χ0n) is 15.6. The van der Waals surface area contributed by atoms with Crippen LogP contribution in [-0.2, 0) is 13.1 Å². The maximum Gasteiger partial charge on any atom is 0.255 e. The van der Waals surface area contributed by atoms with Crippen molar-refractivity contribution in [3.8, 4) is 5.75 Å². The molecule has 0 saturated heterocycles. The first-order chi connectivity index (χ1) is 13.2. The Balaban J connectivity index is 1.66. The smallest absolute Gasteiger partial charge is 0.255 e. The highest BCUT2D eigenvalue weighted by Gasteiger charge is 2.13. The van der Waals surface area contributed by atoms with Crippen LogP contribution in [0.15, 0.2) is 73.1 Å². The number of amides is 1. The lowest BCUT2D eigenvalue weighted by Crippen LogP contribution is -2.26. The Hall–Kier alpha value is -3.34. The average molecular weight is 361 g/mol. The van der Waals surface area contributed by atoms with Crippen molar-refractivity contribution in [1.82, 2.24) is 9.88 Å². The molecule has 0 radical (unpaired) electrons. The second kappa shape index (κ2) is 8.85. The fraction of sp³-hybridized carbons (Fsp3) is 0.182. The molecule has 0 spiro atoms. The van der Waals surface area contributed by atoms with Crippen molar-refractivity contribution >= 4 is 11.6 Å². The number of para-hydroxylation sites is 1. The zero-order chi connectivity index (χ0) is 19.1. The number of pyridine rings is 1. The second-order valence-electron chi connectivity index (χ2n) is 6.27. The number of methoxy groups -OCH3 is 1. The molecule has 5 heteroatoms. The highest BCUT2D eigenvalue weighted by atomic mass is 16.5. The molecule has 2 aromatic carbocycles. The molecule has 1 N–H and O–H groups in total. The minimum absolute atomic E-state index is 0.0627. The van der Waals surface area contributed by atoms with Crippen LogP contribution in [0.1, 0.15) is 21.5 Å². The molecule has 1 amide bonds. The molecule has 0 aliphatic heterocycles. The number of carbonyl (C=O) groups is 1. The highest BCUT2D eigenvalue weighted by molar-refractivity contribution is 5.94. The van der Waals surface area contributed by atoms with Gasteiger partial charge in [-0.1, -0.05) is 48.5 Å². The molecule has 1 heterocycles. The Morgan fingerprint density at radius 1 is 1.07 bits per heavy atom. The molecule has 0 aliphatic carbocycles. The molecule has 0 fully saturated rings. The van der Waals surface area contributed by atoms with Crippen LogP contribution in [-0.4, -0.2) is 29.9 Å².